The number of aliphatic carboxylic acids is 1. The fourth-order valence-electron chi connectivity index (χ4n) is 2.33. The van der Waals surface area contributed by atoms with Gasteiger partial charge in [-0.2, -0.15) is 0 Å². The third kappa shape index (κ3) is 5.88. The van der Waals surface area contributed by atoms with Gasteiger partial charge in [0.1, 0.15) is 12.6 Å². The molecule has 2 aromatic rings. The van der Waals surface area contributed by atoms with Crippen molar-refractivity contribution >= 4 is 18.0 Å². The lowest BCUT2D eigenvalue weighted by atomic mass is 10.1. The van der Waals surface area contributed by atoms with Crippen molar-refractivity contribution in [1.29, 1.82) is 0 Å². The van der Waals surface area contributed by atoms with E-state index >= 15 is 0 Å². The van der Waals surface area contributed by atoms with E-state index in [0.29, 0.717) is 18.1 Å². The maximum absolute atomic E-state index is 11.7. The van der Waals surface area contributed by atoms with Crippen LogP contribution in [0.5, 0.6) is 11.5 Å². The first kappa shape index (κ1) is 20.0. The average Bonchev–Trinajstić information content (AvgIpc) is 2.65. The van der Waals surface area contributed by atoms with Crippen LogP contribution < -0.4 is 14.8 Å². The van der Waals surface area contributed by atoms with Crippen LogP contribution in [0.3, 0.4) is 0 Å². The summed E-state index contributed by atoms with van der Waals surface area (Å²) in [6.07, 6.45) is 2.86. The number of carboxylic acids is 1. The van der Waals surface area contributed by atoms with Gasteiger partial charge in [-0.3, -0.25) is 9.59 Å². The molecule has 2 N–H and O–H groups in total. The summed E-state index contributed by atoms with van der Waals surface area (Å²) >= 11 is 0. The highest BCUT2D eigenvalue weighted by molar-refractivity contribution is 5.94. The van der Waals surface area contributed by atoms with Crippen LogP contribution >= 0.6 is 0 Å². The normalized spacial score (nSPS) is 11.8. The van der Waals surface area contributed by atoms with Crippen LogP contribution in [0.25, 0.3) is 6.08 Å². The Balaban J connectivity index is 2.05. The van der Waals surface area contributed by atoms with E-state index in [1.165, 1.54) is 13.0 Å². The molecule has 0 bridgehead atoms. The first-order chi connectivity index (χ1) is 12.9. The molecule has 0 radical (unpaired) electrons. The number of aryl methyl sites for hydroxylation is 1. The van der Waals surface area contributed by atoms with Crippen molar-refractivity contribution in [3.8, 4) is 11.5 Å². The van der Waals surface area contributed by atoms with E-state index < -0.39 is 17.9 Å². The van der Waals surface area contributed by atoms with Crippen molar-refractivity contribution < 1.29 is 24.2 Å². The molecule has 0 unspecified atom stereocenters. The first-order valence-corrected chi connectivity index (χ1v) is 8.47. The number of methoxy groups -OCH3 is 1. The number of carbonyl (C=O) groups is 2. The van der Waals surface area contributed by atoms with E-state index in [2.05, 4.69) is 5.32 Å². The van der Waals surface area contributed by atoms with Gasteiger partial charge in [0.15, 0.2) is 11.5 Å². The number of carboxylic acid groups (broad SMARTS) is 1. The molecule has 2 aromatic carbocycles. The van der Waals surface area contributed by atoms with Crippen molar-refractivity contribution in [2.45, 2.75) is 26.5 Å². The van der Waals surface area contributed by atoms with Gasteiger partial charge in [-0.25, -0.2) is 0 Å². The van der Waals surface area contributed by atoms with Crippen molar-refractivity contribution in [2.75, 3.05) is 7.11 Å². The number of hydrogen-bond acceptors (Lipinski definition) is 4. The van der Waals surface area contributed by atoms with Crippen LogP contribution in [-0.2, 0) is 16.2 Å². The molecule has 6 nitrogen and oxygen atoms in total. The number of nitrogens with one attached hydrogen (secondary N) is 1. The topological polar surface area (TPSA) is 84.9 Å². The zero-order valence-electron chi connectivity index (χ0n) is 15.6. The molecule has 142 valence electrons. The highest BCUT2D eigenvalue weighted by atomic mass is 16.5. The molecule has 0 aromatic heterocycles. The predicted octanol–water partition coefficient (Wildman–Crippen LogP) is 3.19. The van der Waals surface area contributed by atoms with Gasteiger partial charge in [-0.15, -0.1) is 0 Å². The molecule has 0 aliphatic rings. The number of ether oxygens (including phenoxy) is 2. The maximum atomic E-state index is 11.7. The monoisotopic (exact) mass is 369 g/mol. The summed E-state index contributed by atoms with van der Waals surface area (Å²) < 4.78 is 11.2. The third-order valence-corrected chi connectivity index (χ3v) is 3.99. The van der Waals surface area contributed by atoms with Gasteiger partial charge in [0.2, 0.25) is 5.91 Å². The lowest BCUT2D eigenvalue weighted by Crippen LogP contribution is -2.37. The minimum absolute atomic E-state index is 0.424. The van der Waals surface area contributed by atoms with Gasteiger partial charge in [0.25, 0.3) is 0 Å². The fourth-order valence-corrected chi connectivity index (χ4v) is 2.33. The van der Waals surface area contributed by atoms with E-state index in [-0.39, 0.29) is 0 Å². The van der Waals surface area contributed by atoms with E-state index in [4.69, 9.17) is 14.6 Å². The average molecular weight is 369 g/mol. The van der Waals surface area contributed by atoms with Crippen LogP contribution in [0.2, 0.25) is 0 Å². The summed E-state index contributed by atoms with van der Waals surface area (Å²) in [4.78, 5) is 22.5. The van der Waals surface area contributed by atoms with Gasteiger partial charge < -0.3 is 19.9 Å². The Labute approximate surface area is 158 Å². The zero-order valence-corrected chi connectivity index (χ0v) is 15.6. The molecule has 0 aliphatic carbocycles. The van der Waals surface area contributed by atoms with Gasteiger partial charge in [-0.1, -0.05) is 30.3 Å². The highest BCUT2D eigenvalue weighted by Gasteiger charge is 2.12. The molecule has 0 saturated carbocycles. The summed E-state index contributed by atoms with van der Waals surface area (Å²) in [5.74, 6) is -0.427. The fraction of sp³-hybridized carbons (Fsp3) is 0.238. The van der Waals surface area contributed by atoms with Crippen molar-refractivity contribution in [2.24, 2.45) is 0 Å². The second-order valence-corrected chi connectivity index (χ2v) is 6.03. The first-order valence-electron chi connectivity index (χ1n) is 8.47. The minimum atomic E-state index is -1.09. The minimum Gasteiger partial charge on any atom is -0.493 e. The molecular weight excluding hydrogens is 346 g/mol. The zero-order chi connectivity index (χ0) is 19.8. The SMILES string of the molecule is COc1cc(/C=C/C(=O)N[C@@H](C)C(=O)O)ccc1OCc1ccccc1C. The standard InChI is InChI=1S/C21H23NO5/c1-14-6-4-5-7-17(14)13-27-18-10-8-16(12-19(18)26-3)9-11-20(23)22-15(2)21(24)25/h4-12,15H,13H2,1-3H3,(H,22,23)(H,24,25)/b11-9+/t15-/m0/s1. The van der Waals surface area contributed by atoms with Crippen LogP contribution in [0.15, 0.2) is 48.5 Å². The van der Waals surface area contributed by atoms with Crippen LogP contribution in [0.1, 0.15) is 23.6 Å². The summed E-state index contributed by atoms with van der Waals surface area (Å²) in [5.41, 5.74) is 2.97. The molecule has 0 fully saturated rings. The summed E-state index contributed by atoms with van der Waals surface area (Å²) in [6.45, 7) is 3.85. The Bertz CT molecular complexity index is 844. The molecule has 0 aliphatic heterocycles. The third-order valence-electron chi connectivity index (χ3n) is 3.99. The Hall–Kier alpha value is -3.28. The summed E-state index contributed by atoms with van der Waals surface area (Å²) in [6, 6.07) is 12.3. The summed E-state index contributed by atoms with van der Waals surface area (Å²) in [7, 11) is 1.55. The Morgan fingerprint density at radius 1 is 1.19 bits per heavy atom. The van der Waals surface area contributed by atoms with E-state index in [1.807, 2.05) is 31.2 Å². The van der Waals surface area contributed by atoms with Crippen molar-refractivity contribution in [3.63, 3.8) is 0 Å². The summed E-state index contributed by atoms with van der Waals surface area (Å²) in [5, 5.41) is 11.1. The predicted molar refractivity (Wildman–Crippen MR) is 103 cm³/mol. The largest absolute Gasteiger partial charge is 0.493 e. The molecule has 27 heavy (non-hydrogen) atoms. The van der Waals surface area contributed by atoms with Gasteiger partial charge >= 0.3 is 5.97 Å². The molecule has 0 heterocycles. The van der Waals surface area contributed by atoms with Crippen LogP contribution in [0, 0.1) is 6.92 Å². The van der Waals surface area contributed by atoms with Crippen molar-refractivity contribution in [3.05, 3.63) is 65.2 Å². The number of benzene rings is 2. The number of amides is 1. The van der Waals surface area contributed by atoms with Crippen LogP contribution in [-0.4, -0.2) is 30.1 Å². The maximum Gasteiger partial charge on any atom is 0.325 e. The van der Waals surface area contributed by atoms with Crippen LogP contribution in [0.4, 0.5) is 0 Å². The molecule has 2 rings (SSSR count). The molecule has 1 atom stereocenters. The van der Waals surface area contributed by atoms with E-state index in [0.717, 1.165) is 16.7 Å². The van der Waals surface area contributed by atoms with Crippen molar-refractivity contribution in [1.82, 2.24) is 5.32 Å². The lowest BCUT2D eigenvalue weighted by molar-refractivity contribution is -0.140. The lowest BCUT2D eigenvalue weighted by Gasteiger charge is -2.12. The number of carbonyl (C=O) groups excluding carboxylic acids is 1. The van der Waals surface area contributed by atoms with E-state index in [9.17, 15) is 9.59 Å². The quantitative estimate of drug-likeness (QED) is 0.698. The second kappa shape index (κ2) is 9.43. The van der Waals surface area contributed by atoms with Gasteiger partial charge in [0, 0.05) is 6.08 Å². The molecule has 0 saturated heterocycles. The smallest absolute Gasteiger partial charge is 0.325 e. The molecule has 1 amide bonds. The second-order valence-electron chi connectivity index (χ2n) is 6.03. The van der Waals surface area contributed by atoms with Gasteiger partial charge in [-0.05, 0) is 48.7 Å². The van der Waals surface area contributed by atoms with E-state index in [1.54, 1.807) is 31.4 Å². The number of hydrogen-bond donors (Lipinski definition) is 2. The molecular formula is C21H23NO5. The highest BCUT2D eigenvalue weighted by Crippen LogP contribution is 2.29. The van der Waals surface area contributed by atoms with Gasteiger partial charge in [0.05, 0.1) is 7.11 Å². The molecule has 0 spiro atoms. The Morgan fingerprint density at radius 2 is 1.93 bits per heavy atom. The Kier molecular flexibility index (Phi) is 7.00. The Morgan fingerprint density at radius 3 is 2.59 bits per heavy atom. The molecule has 6 heteroatoms. The number of rotatable bonds is 8.